The van der Waals surface area contributed by atoms with Crippen LogP contribution < -0.4 is 5.73 Å². The van der Waals surface area contributed by atoms with Crippen molar-refractivity contribution in [2.45, 2.75) is 12.0 Å². The third-order valence-corrected chi connectivity index (χ3v) is 2.67. The van der Waals surface area contributed by atoms with Crippen LogP contribution in [0.5, 0.6) is 0 Å². The number of hydrogen-bond acceptors (Lipinski definition) is 2. The molecule has 0 aliphatic rings. The van der Waals surface area contributed by atoms with Crippen molar-refractivity contribution in [1.82, 2.24) is 0 Å². The Kier molecular flexibility index (Phi) is 5.75. The molecule has 0 amide bonds. The molecule has 0 spiro atoms. The summed E-state index contributed by atoms with van der Waals surface area (Å²) in [7, 11) is 0. The molecule has 0 heterocycles. The van der Waals surface area contributed by atoms with Crippen LogP contribution in [0, 0.1) is 5.82 Å². The molecule has 0 saturated heterocycles. The van der Waals surface area contributed by atoms with Crippen LogP contribution >= 0.6 is 28.3 Å². The number of benzene rings is 1. The summed E-state index contributed by atoms with van der Waals surface area (Å²) in [5, 5.41) is 8.44. The minimum absolute atomic E-state index is 0. The average Bonchev–Trinajstić information content (AvgIpc) is 2.17. The molecule has 1 rings (SSSR count). The van der Waals surface area contributed by atoms with Gasteiger partial charge in [0.05, 0.1) is 0 Å². The maximum atomic E-state index is 13.2. The highest BCUT2D eigenvalue weighted by Crippen LogP contribution is 2.34. The van der Waals surface area contributed by atoms with E-state index in [1.54, 1.807) is 0 Å². The number of halogens is 5. The number of aliphatic hydroxyl groups excluding tert-OH is 1. The maximum Gasteiger partial charge on any atom is 0.289 e. The van der Waals surface area contributed by atoms with Crippen LogP contribution in [0.1, 0.15) is 11.6 Å². The molecule has 0 radical (unpaired) electrons. The first kappa shape index (κ1) is 15.7. The first-order valence-corrected chi connectivity index (χ1v) is 4.87. The second-order valence-electron chi connectivity index (χ2n) is 3.03. The van der Waals surface area contributed by atoms with Gasteiger partial charge in [0.15, 0.2) is 0 Å². The van der Waals surface area contributed by atoms with Gasteiger partial charge in [-0.05, 0) is 12.1 Å². The van der Waals surface area contributed by atoms with Crippen molar-refractivity contribution in [2.24, 2.45) is 5.73 Å². The second kappa shape index (κ2) is 5.86. The third-order valence-electron chi connectivity index (χ3n) is 1.98. The summed E-state index contributed by atoms with van der Waals surface area (Å²) in [6.07, 6.45) is 0. The maximum absolute atomic E-state index is 13.2. The Labute approximate surface area is 105 Å². The molecule has 1 aromatic carbocycles. The zero-order valence-corrected chi connectivity index (χ0v) is 10.4. The van der Waals surface area contributed by atoms with Gasteiger partial charge >= 0.3 is 0 Å². The van der Waals surface area contributed by atoms with Crippen LogP contribution in [0.15, 0.2) is 22.7 Å². The number of hydrogen-bond donors (Lipinski definition) is 2. The number of aliphatic hydroxyl groups is 1. The average molecular weight is 321 g/mol. The van der Waals surface area contributed by atoms with E-state index in [0.29, 0.717) is 0 Å². The van der Waals surface area contributed by atoms with Gasteiger partial charge < -0.3 is 10.8 Å². The molecule has 1 aromatic rings. The highest BCUT2D eigenvalue weighted by molar-refractivity contribution is 9.10. The molecule has 0 aromatic heterocycles. The van der Waals surface area contributed by atoms with E-state index in [4.69, 9.17) is 10.8 Å². The summed E-state index contributed by atoms with van der Waals surface area (Å²) in [4.78, 5) is 0. The van der Waals surface area contributed by atoms with Crippen molar-refractivity contribution in [3.05, 3.63) is 34.1 Å². The fraction of sp³-hybridized carbons (Fsp3) is 0.333. The zero-order chi connectivity index (χ0) is 11.6. The lowest BCUT2D eigenvalue weighted by molar-refractivity contribution is -0.0720. The topological polar surface area (TPSA) is 46.2 Å². The standard InChI is InChI=1S/C9H9BrF3NO.ClH/c10-5-2-1-3-6(11)7(5)8(14)9(12,13)4-15;/h1-3,8,15H,4,14H2;1H/t8-;/m0./s1. The molecule has 2 nitrogen and oxygen atoms in total. The molecule has 0 aliphatic carbocycles. The van der Waals surface area contributed by atoms with E-state index >= 15 is 0 Å². The van der Waals surface area contributed by atoms with Crippen LogP contribution in [-0.2, 0) is 0 Å². The summed E-state index contributed by atoms with van der Waals surface area (Å²) >= 11 is 2.93. The summed E-state index contributed by atoms with van der Waals surface area (Å²) < 4.78 is 39.5. The van der Waals surface area contributed by atoms with E-state index in [9.17, 15) is 13.2 Å². The number of nitrogens with two attached hydrogens (primary N) is 1. The van der Waals surface area contributed by atoms with Crippen molar-refractivity contribution in [1.29, 1.82) is 0 Å². The van der Waals surface area contributed by atoms with Crippen molar-refractivity contribution in [2.75, 3.05) is 6.61 Å². The van der Waals surface area contributed by atoms with Gasteiger partial charge in [0.25, 0.3) is 5.92 Å². The van der Waals surface area contributed by atoms with Crippen molar-refractivity contribution >= 4 is 28.3 Å². The molecule has 0 unspecified atom stereocenters. The minimum Gasteiger partial charge on any atom is -0.390 e. The van der Waals surface area contributed by atoms with E-state index in [0.717, 1.165) is 6.07 Å². The molecule has 0 saturated carbocycles. The molecule has 0 fully saturated rings. The largest absolute Gasteiger partial charge is 0.390 e. The lowest BCUT2D eigenvalue weighted by Gasteiger charge is -2.22. The van der Waals surface area contributed by atoms with Crippen molar-refractivity contribution in [3.8, 4) is 0 Å². The summed E-state index contributed by atoms with van der Waals surface area (Å²) in [6.45, 7) is -1.42. The van der Waals surface area contributed by atoms with Crippen molar-refractivity contribution in [3.63, 3.8) is 0 Å². The third kappa shape index (κ3) is 3.10. The quantitative estimate of drug-likeness (QED) is 0.899. The number of alkyl halides is 2. The molecular formula is C9H10BrClF3NO. The Morgan fingerprint density at radius 1 is 1.44 bits per heavy atom. The second-order valence-corrected chi connectivity index (χ2v) is 3.89. The summed E-state index contributed by atoms with van der Waals surface area (Å²) in [5.41, 5.74) is 4.87. The first-order valence-electron chi connectivity index (χ1n) is 4.08. The minimum atomic E-state index is -3.55. The predicted octanol–water partition coefficient (Wildman–Crippen LogP) is 2.64. The molecule has 92 valence electrons. The Bertz CT molecular complexity index is 344. The predicted molar refractivity (Wildman–Crippen MR) is 60.3 cm³/mol. The summed E-state index contributed by atoms with van der Waals surface area (Å²) in [6, 6.07) is 1.93. The SMILES string of the molecule is Cl.N[C@@H](c1c(F)cccc1Br)C(F)(F)CO. The van der Waals surface area contributed by atoms with Gasteiger partial charge in [-0.25, -0.2) is 13.2 Å². The molecular weight excluding hydrogens is 310 g/mol. The lowest BCUT2D eigenvalue weighted by atomic mass is 10.0. The fourth-order valence-electron chi connectivity index (χ4n) is 1.12. The molecule has 1 atom stereocenters. The van der Waals surface area contributed by atoms with Gasteiger partial charge in [-0.3, -0.25) is 0 Å². The highest BCUT2D eigenvalue weighted by Gasteiger charge is 2.39. The van der Waals surface area contributed by atoms with E-state index in [1.807, 2.05) is 0 Å². The van der Waals surface area contributed by atoms with E-state index in [-0.39, 0.29) is 22.4 Å². The molecule has 7 heteroatoms. The van der Waals surface area contributed by atoms with Gasteiger partial charge in [0.1, 0.15) is 18.5 Å². The first-order chi connectivity index (χ1) is 6.90. The molecule has 16 heavy (non-hydrogen) atoms. The van der Waals surface area contributed by atoms with Gasteiger partial charge in [-0.2, -0.15) is 0 Å². The van der Waals surface area contributed by atoms with Crippen LogP contribution in [0.2, 0.25) is 0 Å². The van der Waals surface area contributed by atoms with Crippen LogP contribution in [-0.4, -0.2) is 17.6 Å². The summed E-state index contributed by atoms with van der Waals surface area (Å²) in [5.74, 6) is -4.38. The normalized spacial score (nSPS) is 13.1. The Morgan fingerprint density at radius 2 is 2.00 bits per heavy atom. The Hall–Kier alpha value is -0.300. The monoisotopic (exact) mass is 319 g/mol. The molecule has 0 aliphatic heterocycles. The Morgan fingerprint density at radius 3 is 2.44 bits per heavy atom. The van der Waals surface area contributed by atoms with Crippen LogP contribution in [0.25, 0.3) is 0 Å². The van der Waals surface area contributed by atoms with E-state index in [1.165, 1.54) is 12.1 Å². The smallest absolute Gasteiger partial charge is 0.289 e. The number of rotatable bonds is 3. The van der Waals surface area contributed by atoms with Crippen molar-refractivity contribution < 1.29 is 18.3 Å². The molecule has 0 bridgehead atoms. The van der Waals surface area contributed by atoms with Crippen LogP contribution in [0.3, 0.4) is 0 Å². The highest BCUT2D eigenvalue weighted by atomic mass is 79.9. The molecule has 3 N–H and O–H groups in total. The Balaban J connectivity index is 0.00000225. The van der Waals surface area contributed by atoms with E-state index < -0.39 is 24.4 Å². The van der Waals surface area contributed by atoms with Gasteiger partial charge in [-0.1, -0.05) is 22.0 Å². The zero-order valence-electron chi connectivity index (χ0n) is 7.96. The lowest BCUT2D eigenvalue weighted by Crippen LogP contribution is -2.37. The van der Waals surface area contributed by atoms with Crippen LogP contribution in [0.4, 0.5) is 13.2 Å². The van der Waals surface area contributed by atoms with Gasteiger partial charge in [0, 0.05) is 10.0 Å². The fourth-order valence-corrected chi connectivity index (χ4v) is 1.71. The van der Waals surface area contributed by atoms with Gasteiger partial charge in [0.2, 0.25) is 0 Å². The van der Waals surface area contributed by atoms with Gasteiger partial charge in [-0.15, -0.1) is 12.4 Å². The van der Waals surface area contributed by atoms with E-state index in [2.05, 4.69) is 15.9 Å².